The smallest absolute Gasteiger partial charge is 0.384 e. The highest BCUT2D eigenvalue weighted by Crippen LogP contribution is 2.36. The van der Waals surface area contributed by atoms with Gasteiger partial charge < -0.3 is 5.11 Å². The van der Waals surface area contributed by atoms with Crippen LogP contribution in [0.3, 0.4) is 0 Å². The van der Waals surface area contributed by atoms with E-state index in [9.17, 15) is 13.2 Å². The molecular weight excluding hydrogens is 173 g/mol. The van der Waals surface area contributed by atoms with E-state index in [0.29, 0.717) is 0 Å². The Balaban J connectivity index is 4.75. The molecule has 0 rings (SSSR count). The maximum atomic E-state index is 12.1. The Morgan fingerprint density at radius 1 is 1.18 bits per heavy atom. The fraction of sp³-hybridized carbons (Fsp3) is 0.833. The van der Waals surface area contributed by atoms with E-state index < -0.39 is 19.5 Å². The molecule has 0 spiro atoms. The predicted octanol–water partition coefficient (Wildman–Crippen LogP) is 1.99. The van der Waals surface area contributed by atoms with Crippen molar-refractivity contribution in [1.29, 1.82) is 0 Å². The van der Waals surface area contributed by atoms with Gasteiger partial charge in [-0.1, -0.05) is 19.6 Å². The molecule has 0 amide bonds. The van der Waals surface area contributed by atoms with Gasteiger partial charge in [0, 0.05) is 0 Å². The quantitative estimate of drug-likeness (QED) is 0.619. The third kappa shape index (κ3) is 1.96. The minimum atomic E-state index is -4.61. The first-order valence-electron chi connectivity index (χ1n) is 3.14. The van der Waals surface area contributed by atoms with Gasteiger partial charge in [-0.05, 0) is 6.92 Å². The molecule has 0 aromatic heterocycles. The van der Waals surface area contributed by atoms with Crippen molar-refractivity contribution in [3.63, 3.8) is 0 Å². The summed E-state index contributed by atoms with van der Waals surface area (Å²) in [7, 11) is -2.70. The van der Waals surface area contributed by atoms with Gasteiger partial charge in [0.15, 0.2) is 0 Å². The zero-order valence-electron chi connectivity index (χ0n) is 6.79. The van der Waals surface area contributed by atoms with E-state index in [1.807, 2.05) is 0 Å². The van der Waals surface area contributed by atoms with E-state index in [-0.39, 0.29) is 0 Å². The number of hydrogen-bond acceptors (Lipinski definition) is 1. The highest BCUT2D eigenvalue weighted by Gasteiger charge is 2.57. The van der Waals surface area contributed by atoms with Gasteiger partial charge in [0.05, 0.1) is 8.07 Å². The van der Waals surface area contributed by atoms with Crippen LogP contribution >= 0.6 is 0 Å². The van der Waals surface area contributed by atoms with Gasteiger partial charge in [0.25, 0.3) is 0 Å². The molecule has 0 aliphatic heterocycles. The first-order chi connectivity index (χ1) is 4.50. The molecule has 1 N–H and O–H groups in total. The molecule has 5 heteroatoms. The summed E-state index contributed by atoms with van der Waals surface area (Å²) in [4.78, 5) is 0. The standard InChI is InChI=1S/C6H12F3OSi/c1-5(10,6(7,8)9)11(2,3)4/h10H,1H2,2-4H3. The van der Waals surface area contributed by atoms with Crippen molar-refractivity contribution in [2.75, 3.05) is 0 Å². The minimum Gasteiger partial charge on any atom is -0.384 e. The molecule has 0 aromatic carbocycles. The summed E-state index contributed by atoms with van der Waals surface area (Å²) in [6, 6.07) is 0. The van der Waals surface area contributed by atoms with Gasteiger partial charge in [-0.15, -0.1) is 0 Å². The fourth-order valence-corrected chi connectivity index (χ4v) is 1.28. The van der Waals surface area contributed by atoms with Crippen LogP contribution in [-0.4, -0.2) is 24.6 Å². The van der Waals surface area contributed by atoms with Gasteiger partial charge in [-0.2, -0.15) is 13.2 Å². The van der Waals surface area contributed by atoms with Crippen LogP contribution in [-0.2, 0) is 0 Å². The Hall–Kier alpha value is -0.0331. The third-order valence-corrected chi connectivity index (χ3v) is 4.47. The summed E-state index contributed by atoms with van der Waals surface area (Å²) >= 11 is 0. The number of alkyl halides is 3. The summed E-state index contributed by atoms with van der Waals surface area (Å²) in [6.45, 7) is 7.08. The van der Waals surface area contributed by atoms with Crippen molar-refractivity contribution in [1.82, 2.24) is 0 Å². The molecule has 1 radical (unpaired) electrons. The lowest BCUT2D eigenvalue weighted by Gasteiger charge is -2.36. The molecule has 11 heavy (non-hydrogen) atoms. The van der Waals surface area contributed by atoms with Crippen molar-refractivity contribution >= 4 is 8.07 Å². The molecule has 67 valence electrons. The topological polar surface area (TPSA) is 20.2 Å². The van der Waals surface area contributed by atoms with E-state index >= 15 is 0 Å². The normalized spacial score (nSPS) is 19.6. The van der Waals surface area contributed by atoms with Crippen molar-refractivity contribution < 1.29 is 18.3 Å². The summed E-state index contributed by atoms with van der Waals surface area (Å²) < 4.78 is 36.2. The van der Waals surface area contributed by atoms with Crippen molar-refractivity contribution in [3.05, 3.63) is 6.92 Å². The zero-order chi connectivity index (χ0) is 9.50. The second-order valence-corrected chi connectivity index (χ2v) is 8.94. The molecule has 0 saturated carbocycles. The van der Waals surface area contributed by atoms with Crippen molar-refractivity contribution in [2.24, 2.45) is 0 Å². The lowest BCUT2D eigenvalue weighted by molar-refractivity contribution is -0.211. The van der Waals surface area contributed by atoms with E-state index in [4.69, 9.17) is 5.11 Å². The molecular formula is C6H12F3OSi. The molecule has 0 aliphatic rings. The second kappa shape index (κ2) is 2.48. The Kier molecular flexibility index (Phi) is 2.48. The van der Waals surface area contributed by atoms with E-state index in [1.54, 1.807) is 0 Å². The maximum Gasteiger partial charge on any atom is 0.413 e. The van der Waals surface area contributed by atoms with Crippen LogP contribution in [0.4, 0.5) is 13.2 Å². The molecule has 1 unspecified atom stereocenters. The monoisotopic (exact) mass is 185 g/mol. The molecule has 0 aromatic rings. The van der Waals surface area contributed by atoms with Gasteiger partial charge in [-0.3, -0.25) is 0 Å². The Morgan fingerprint density at radius 3 is 1.45 bits per heavy atom. The van der Waals surface area contributed by atoms with Crippen LogP contribution in [0.2, 0.25) is 19.6 Å². The summed E-state index contributed by atoms with van der Waals surface area (Å²) in [5, 5.41) is 6.28. The first-order valence-corrected chi connectivity index (χ1v) is 6.64. The molecule has 0 heterocycles. The van der Waals surface area contributed by atoms with Crippen LogP contribution in [0.25, 0.3) is 0 Å². The van der Waals surface area contributed by atoms with Crippen LogP contribution < -0.4 is 0 Å². The SMILES string of the molecule is [CH2]C(O)(C(F)(F)F)[Si](C)(C)C. The average Bonchev–Trinajstić information content (AvgIpc) is 1.58. The number of halogens is 3. The molecule has 0 fully saturated rings. The molecule has 0 saturated heterocycles. The average molecular weight is 185 g/mol. The van der Waals surface area contributed by atoms with E-state index in [2.05, 4.69) is 6.92 Å². The lowest BCUT2D eigenvalue weighted by Crippen LogP contribution is -2.60. The first kappa shape index (κ1) is 11.0. The molecule has 0 bridgehead atoms. The highest BCUT2D eigenvalue weighted by molar-refractivity contribution is 6.79. The number of rotatable bonds is 1. The van der Waals surface area contributed by atoms with Gasteiger partial charge in [0.1, 0.15) is 5.22 Å². The Morgan fingerprint density at radius 2 is 1.45 bits per heavy atom. The van der Waals surface area contributed by atoms with Crippen LogP contribution in [0.15, 0.2) is 0 Å². The Labute approximate surface area is 65.2 Å². The van der Waals surface area contributed by atoms with Crippen molar-refractivity contribution in [2.45, 2.75) is 31.0 Å². The van der Waals surface area contributed by atoms with Crippen LogP contribution in [0.1, 0.15) is 0 Å². The minimum absolute atomic E-state index is 1.42. The third-order valence-electron chi connectivity index (χ3n) is 1.71. The lowest BCUT2D eigenvalue weighted by atomic mass is 10.4. The van der Waals surface area contributed by atoms with E-state index in [1.165, 1.54) is 19.6 Å². The zero-order valence-corrected chi connectivity index (χ0v) is 7.79. The molecule has 0 aliphatic carbocycles. The fourth-order valence-electron chi connectivity index (χ4n) is 0.425. The summed E-state index contributed by atoms with van der Waals surface area (Å²) in [5.74, 6) is 0. The second-order valence-electron chi connectivity index (χ2n) is 3.61. The maximum absolute atomic E-state index is 12.1. The van der Waals surface area contributed by atoms with Gasteiger partial charge >= 0.3 is 6.18 Å². The van der Waals surface area contributed by atoms with Crippen LogP contribution in [0, 0.1) is 6.92 Å². The molecule has 1 nitrogen and oxygen atoms in total. The summed E-state index contributed by atoms with van der Waals surface area (Å²) in [6.07, 6.45) is -4.61. The largest absolute Gasteiger partial charge is 0.413 e. The summed E-state index contributed by atoms with van der Waals surface area (Å²) in [5.41, 5.74) is 0. The highest BCUT2D eigenvalue weighted by atomic mass is 28.3. The predicted molar refractivity (Wildman–Crippen MR) is 39.7 cm³/mol. The van der Waals surface area contributed by atoms with Crippen LogP contribution in [0.5, 0.6) is 0 Å². The van der Waals surface area contributed by atoms with Crippen molar-refractivity contribution in [3.8, 4) is 0 Å². The van der Waals surface area contributed by atoms with E-state index in [0.717, 1.165) is 0 Å². The number of aliphatic hydroxyl groups is 1. The molecule has 1 atom stereocenters. The number of hydrogen-bond donors (Lipinski definition) is 1. The van der Waals surface area contributed by atoms with Gasteiger partial charge in [0.2, 0.25) is 0 Å². The Bertz CT molecular complexity index is 129. The van der Waals surface area contributed by atoms with Gasteiger partial charge in [-0.25, -0.2) is 0 Å².